The summed E-state index contributed by atoms with van der Waals surface area (Å²) in [4.78, 5) is 28.4. The number of hydrazine groups is 1. The Balaban J connectivity index is 1.22. The van der Waals surface area contributed by atoms with Gasteiger partial charge in [0, 0.05) is 49.8 Å². The molecule has 0 spiro atoms. The molecule has 1 atom stereocenters. The van der Waals surface area contributed by atoms with Crippen LogP contribution in [0.4, 0.5) is 16.3 Å². The van der Waals surface area contributed by atoms with Crippen LogP contribution in [0.25, 0.3) is 0 Å². The van der Waals surface area contributed by atoms with E-state index in [4.69, 9.17) is 14.2 Å². The number of piperazine rings is 1. The molecular weight excluding hydrogens is 444 g/mol. The summed E-state index contributed by atoms with van der Waals surface area (Å²) in [5, 5.41) is 12.7. The Hall–Kier alpha value is -3.54. The van der Waals surface area contributed by atoms with E-state index in [-0.39, 0.29) is 17.9 Å². The molecule has 12 heteroatoms. The second-order valence-corrected chi connectivity index (χ2v) is 9.25. The number of benzene rings is 1. The topological polar surface area (TPSA) is 124 Å². The van der Waals surface area contributed by atoms with E-state index in [2.05, 4.69) is 15.3 Å². The third-order valence-corrected chi connectivity index (χ3v) is 5.44. The van der Waals surface area contributed by atoms with Crippen molar-refractivity contribution in [2.24, 2.45) is 0 Å². The largest absolute Gasteiger partial charge is 0.490 e. The minimum absolute atomic E-state index is 0.214. The van der Waals surface area contributed by atoms with Crippen molar-refractivity contribution in [3.63, 3.8) is 0 Å². The first-order chi connectivity index (χ1) is 16.2. The van der Waals surface area contributed by atoms with Crippen LogP contribution in [0.5, 0.6) is 11.8 Å². The van der Waals surface area contributed by atoms with Gasteiger partial charge in [-0.15, -0.1) is 0 Å². The van der Waals surface area contributed by atoms with Gasteiger partial charge in [-0.25, -0.2) is 9.80 Å². The van der Waals surface area contributed by atoms with Gasteiger partial charge in [0.15, 0.2) is 0 Å². The van der Waals surface area contributed by atoms with Gasteiger partial charge in [0.1, 0.15) is 30.3 Å². The van der Waals surface area contributed by atoms with E-state index in [0.717, 1.165) is 24.5 Å². The van der Waals surface area contributed by atoms with Crippen molar-refractivity contribution in [1.29, 1.82) is 0 Å². The molecule has 1 amide bonds. The molecule has 1 unspecified atom stereocenters. The Morgan fingerprint density at radius 2 is 1.91 bits per heavy atom. The monoisotopic (exact) mass is 474 g/mol. The average Bonchev–Trinajstić information content (AvgIpc) is 3.21. The minimum Gasteiger partial charge on any atom is -0.490 e. The van der Waals surface area contributed by atoms with Gasteiger partial charge in [-0.3, -0.25) is 9.99 Å². The number of rotatable bonds is 6. The number of carbonyl (C=O) groups is 1. The van der Waals surface area contributed by atoms with Gasteiger partial charge < -0.3 is 29.2 Å². The summed E-state index contributed by atoms with van der Waals surface area (Å²) in [5.74, 6) is 0.506. The van der Waals surface area contributed by atoms with Crippen LogP contribution in [0.3, 0.4) is 0 Å². The number of ether oxygens (including phenoxy) is 3. The highest BCUT2D eigenvalue weighted by Crippen LogP contribution is 2.25. The van der Waals surface area contributed by atoms with Gasteiger partial charge >= 0.3 is 17.9 Å². The number of aromatic nitrogens is 2. The number of carbonyl (C=O) groups excluding carboxylic acids is 1. The van der Waals surface area contributed by atoms with Gasteiger partial charge in [-0.2, -0.15) is 0 Å². The zero-order chi connectivity index (χ0) is 24.3. The maximum absolute atomic E-state index is 11.9. The number of hydrogen-bond acceptors (Lipinski definition) is 9. The molecule has 0 aliphatic carbocycles. The predicted molar refractivity (Wildman–Crippen MR) is 123 cm³/mol. The van der Waals surface area contributed by atoms with Crippen molar-refractivity contribution >= 4 is 17.6 Å². The molecule has 2 aromatic rings. The third-order valence-electron chi connectivity index (χ3n) is 5.44. The maximum atomic E-state index is 11.9. The van der Waals surface area contributed by atoms with Crippen LogP contribution < -0.4 is 19.8 Å². The van der Waals surface area contributed by atoms with Crippen molar-refractivity contribution in [3.05, 3.63) is 40.6 Å². The van der Waals surface area contributed by atoms with E-state index in [1.54, 1.807) is 4.57 Å². The SMILES string of the molecule is CC(C)(C)OC(=O)NN1CCN(c2ccc(OCC3CCn4cc([N+](=O)[O-])nc4O3)cc2)CC1. The van der Waals surface area contributed by atoms with Gasteiger partial charge in [0.25, 0.3) is 0 Å². The fourth-order valence-electron chi connectivity index (χ4n) is 3.79. The summed E-state index contributed by atoms with van der Waals surface area (Å²) < 4.78 is 18.6. The number of nitrogens with one attached hydrogen (secondary N) is 1. The van der Waals surface area contributed by atoms with Crippen molar-refractivity contribution in [1.82, 2.24) is 20.0 Å². The Morgan fingerprint density at radius 3 is 2.56 bits per heavy atom. The second-order valence-electron chi connectivity index (χ2n) is 9.25. The summed E-state index contributed by atoms with van der Waals surface area (Å²) in [6.07, 6.45) is 1.41. The highest BCUT2D eigenvalue weighted by Gasteiger charge is 2.28. The first-order valence-electron chi connectivity index (χ1n) is 11.3. The van der Waals surface area contributed by atoms with Crippen LogP contribution in [0.1, 0.15) is 27.2 Å². The minimum atomic E-state index is -0.529. The maximum Gasteiger partial charge on any atom is 0.422 e. The van der Waals surface area contributed by atoms with E-state index in [0.29, 0.717) is 32.7 Å². The number of hydrogen-bond donors (Lipinski definition) is 1. The molecule has 2 aliphatic heterocycles. The molecule has 2 aliphatic rings. The van der Waals surface area contributed by atoms with Crippen LogP contribution in [-0.4, -0.2) is 70.1 Å². The Kier molecular flexibility index (Phi) is 6.77. The van der Waals surface area contributed by atoms with E-state index in [9.17, 15) is 14.9 Å². The molecule has 1 N–H and O–H groups in total. The Labute approximate surface area is 197 Å². The van der Waals surface area contributed by atoms with E-state index >= 15 is 0 Å². The zero-order valence-electron chi connectivity index (χ0n) is 19.6. The van der Waals surface area contributed by atoms with Crippen LogP contribution in [0, 0.1) is 10.1 Å². The molecule has 34 heavy (non-hydrogen) atoms. The fraction of sp³-hybridized carbons (Fsp3) is 0.545. The van der Waals surface area contributed by atoms with Gasteiger partial charge in [0.2, 0.25) is 0 Å². The van der Waals surface area contributed by atoms with Crippen LogP contribution in [0.15, 0.2) is 30.5 Å². The highest BCUT2D eigenvalue weighted by atomic mass is 16.6. The predicted octanol–water partition coefficient (Wildman–Crippen LogP) is 2.58. The van der Waals surface area contributed by atoms with E-state index < -0.39 is 16.6 Å². The number of nitrogens with zero attached hydrogens (tertiary/aromatic N) is 5. The van der Waals surface area contributed by atoms with Gasteiger partial charge in [-0.1, -0.05) is 0 Å². The zero-order valence-corrected chi connectivity index (χ0v) is 19.6. The summed E-state index contributed by atoms with van der Waals surface area (Å²) in [6.45, 7) is 9.34. The first-order valence-corrected chi connectivity index (χ1v) is 11.3. The normalized spacial score (nSPS) is 18.6. The molecule has 1 aromatic carbocycles. The summed E-state index contributed by atoms with van der Waals surface area (Å²) in [5.41, 5.74) is 3.34. The first kappa shape index (κ1) is 23.6. The lowest BCUT2D eigenvalue weighted by atomic mass is 10.2. The molecule has 0 radical (unpaired) electrons. The number of imidazole rings is 1. The highest BCUT2D eigenvalue weighted by molar-refractivity contribution is 5.67. The van der Waals surface area contributed by atoms with Crippen LogP contribution in [-0.2, 0) is 11.3 Å². The van der Waals surface area contributed by atoms with Gasteiger partial charge in [0.05, 0.1) is 0 Å². The fourth-order valence-corrected chi connectivity index (χ4v) is 3.79. The Bertz CT molecular complexity index is 1010. The van der Waals surface area contributed by atoms with Crippen molar-refractivity contribution < 1.29 is 23.9 Å². The molecule has 184 valence electrons. The molecule has 1 aromatic heterocycles. The van der Waals surface area contributed by atoms with Crippen molar-refractivity contribution in [2.45, 2.75) is 45.4 Å². The number of anilines is 1. The van der Waals surface area contributed by atoms with Crippen LogP contribution in [0.2, 0.25) is 0 Å². The van der Waals surface area contributed by atoms with Crippen molar-refractivity contribution in [3.8, 4) is 11.8 Å². The summed E-state index contributed by atoms with van der Waals surface area (Å²) in [6, 6.07) is 8.08. The number of aryl methyl sites for hydroxylation is 1. The quantitative estimate of drug-likeness (QED) is 0.497. The van der Waals surface area contributed by atoms with Crippen LogP contribution >= 0.6 is 0 Å². The number of amides is 1. The van der Waals surface area contributed by atoms with Gasteiger partial charge in [-0.05, 0) is 50.0 Å². The molecule has 0 saturated carbocycles. The molecule has 0 bridgehead atoms. The average molecular weight is 475 g/mol. The molecule has 1 fully saturated rings. The molecule has 3 heterocycles. The summed E-state index contributed by atoms with van der Waals surface area (Å²) in [7, 11) is 0. The molecular formula is C22H30N6O6. The second kappa shape index (κ2) is 9.75. The standard InChI is InChI=1S/C22H30N6O6/c1-22(2,3)34-21(29)24-27-12-10-25(11-13-27)16-4-6-17(7-5-16)32-15-18-8-9-26-14-19(28(30)31)23-20(26)33-18/h4-7,14,18H,8-13,15H2,1-3H3,(H,24,29). The van der Waals surface area contributed by atoms with Crippen molar-refractivity contribution in [2.75, 3.05) is 37.7 Å². The number of nitro groups is 1. The number of fused-ring (bicyclic) bond motifs is 1. The Morgan fingerprint density at radius 1 is 1.21 bits per heavy atom. The smallest absolute Gasteiger partial charge is 0.422 e. The third kappa shape index (κ3) is 6.07. The molecule has 1 saturated heterocycles. The molecule has 4 rings (SSSR count). The van der Waals surface area contributed by atoms with E-state index in [1.165, 1.54) is 6.20 Å². The molecule has 12 nitrogen and oxygen atoms in total. The lowest BCUT2D eigenvalue weighted by Crippen LogP contribution is -2.54. The summed E-state index contributed by atoms with van der Waals surface area (Å²) >= 11 is 0. The lowest BCUT2D eigenvalue weighted by molar-refractivity contribution is -0.389. The lowest BCUT2D eigenvalue weighted by Gasteiger charge is -2.36. The van der Waals surface area contributed by atoms with E-state index in [1.807, 2.05) is 50.0 Å².